The summed E-state index contributed by atoms with van der Waals surface area (Å²) in [6, 6.07) is -2.73. The van der Waals surface area contributed by atoms with Crippen molar-refractivity contribution in [1.82, 2.24) is 25.5 Å². The number of likely N-dealkylation sites (tertiary alicyclic amines) is 1. The van der Waals surface area contributed by atoms with Crippen molar-refractivity contribution in [3.05, 3.63) is 24.3 Å². The topological polar surface area (TPSA) is 142 Å². The van der Waals surface area contributed by atoms with Gasteiger partial charge in [0, 0.05) is 18.9 Å². The molecule has 1 saturated carbocycles. The van der Waals surface area contributed by atoms with E-state index in [0.717, 1.165) is 19.3 Å². The summed E-state index contributed by atoms with van der Waals surface area (Å²) < 4.78 is 0. The summed E-state index contributed by atoms with van der Waals surface area (Å²) in [5.74, 6) is -2.51. The third-order valence-electron chi connectivity index (χ3n) is 7.40. The van der Waals surface area contributed by atoms with Crippen molar-refractivity contribution in [2.45, 2.75) is 78.4 Å². The molecule has 192 valence electrons. The molecule has 2 aliphatic rings. The van der Waals surface area contributed by atoms with E-state index in [4.69, 9.17) is 0 Å². The fourth-order valence-corrected chi connectivity index (χ4v) is 5.23. The minimum Gasteiger partial charge on any atom is -0.480 e. The Morgan fingerprint density at radius 1 is 1.17 bits per heavy atom. The molecule has 0 aromatic carbocycles. The average Bonchev–Trinajstić information content (AvgIpc) is 3.40. The lowest BCUT2D eigenvalue weighted by molar-refractivity contribution is -0.152. The lowest BCUT2D eigenvalue weighted by Gasteiger charge is -2.36. The second-order valence-corrected chi connectivity index (χ2v) is 10.9. The van der Waals surface area contributed by atoms with Gasteiger partial charge in [-0.3, -0.25) is 19.4 Å². The molecule has 10 nitrogen and oxygen atoms in total. The third-order valence-corrected chi connectivity index (χ3v) is 7.40. The molecule has 0 spiro atoms. The highest BCUT2D eigenvalue weighted by Gasteiger charge is 2.52. The highest BCUT2D eigenvalue weighted by molar-refractivity contribution is 5.97. The number of nitrogens with zero attached hydrogens (tertiary/aromatic N) is 3. The first-order valence-corrected chi connectivity index (χ1v) is 12.4. The monoisotopic (exact) mass is 487 g/mol. The van der Waals surface area contributed by atoms with Gasteiger partial charge >= 0.3 is 5.97 Å². The van der Waals surface area contributed by atoms with Crippen molar-refractivity contribution in [3.63, 3.8) is 0 Å². The lowest BCUT2D eigenvalue weighted by atomic mass is 9.84. The Bertz CT molecular complexity index is 947. The van der Waals surface area contributed by atoms with Crippen LogP contribution in [0.15, 0.2) is 18.6 Å². The summed E-state index contributed by atoms with van der Waals surface area (Å²) in [6.45, 7) is 9.64. The molecule has 1 aliphatic carbocycles. The van der Waals surface area contributed by atoms with E-state index in [0.29, 0.717) is 13.0 Å². The number of carboxylic acids is 1. The molecule has 6 atom stereocenters. The van der Waals surface area contributed by atoms with Gasteiger partial charge in [-0.15, -0.1) is 0 Å². The lowest BCUT2D eigenvalue weighted by Crippen LogP contribution is -2.61. The molecule has 1 aromatic rings. The van der Waals surface area contributed by atoms with Crippen molar-refractivity contribution in [2.75, 3.05) is 6.54 Å². The van der Waals surface area contributed by atoms with E-state index >= 15 is 0 Å². The number of hydrogen-bond acceptors (Lipinski definition) is 6. The summed E-state index contributed by atoms with van der Waals surface area (Å²) >= 11 is 0. The largest absolute Gasteiger partial charge is 0.480 e. The molecule has 0 radical (unpaired) electrons. The van der Waals surface area contributed by atoms with Crippen LogP contribution in [0.25, 0.3) is 0 Å². The third kappa shape index (κ3) is 5.79. The number of amides is 3. The fraction of sp³-hybridized carbons (Fsp3) is 0.680. The number of carbonyl (C=O) groups is 4. The summed E-state index contributed by atoms with van der Waals surface area (Å²) in [5, 5.41) is 15.5. The van der Waals surface area contributed by atoms with Crippen LogP contribution in [-0.4, -0.2) is 68.3 Å². The van der Waals surface area contributed by atoms with E-state index in [9.17, 15) is 24.3 Å². The molecule has 1 aliphatic heterocycles. The van der Waals surface area contributed by atoms with Gasteiger partial charge in [-0.2, -0.15) is 0 Å². The summed E-state index contributed by atoms with van der Waals surface area (Å²) in [4.78, 5) is 61.3. The molecule has 2 heterocycles. The van der Waals surface area contributed by atoms with Gasteiger partial charge in [0.25, 0.3) is 5.91 Å². The Kier molecular flexibility index (Phi) is 8.12. The average molecular weight is 488 g/mol. The summed E-state index contributed by atoms with van der Waals surface area (Å²) in [5.41, 5.74) is -0.590. The number of carbonyl (C=O) groups excluding carboxylic acids is 3. The number of aromatic nitrogens is 2. The van der Waals surface area contributed by atoms with Crippen LogP contribution in [0, 0.1) is 23.2 Å². The Labute approximate surface area is 206 Å². The van der Waals surface area contributed by atoms with Crippen LogP contribution in [0.2, 0.25) is 0 Å². The van der Waals surface area contributed by atoms with Crippen molar-refractivity contribution in [1.29, 1.82) is 0 Å². The van der Waals surface area contributed by atoms with Gasteiger partial charge < -0.3 is 20.6 Å². The van der Waals surface area contributed by atoms with Crippen LogP contribution in [0.3, 0.4) is 0 Å². The van der Waals surface area contributed by atoms with Gasteiger partial charge in [0.05, 0.1) is 6.20 Å². The molecular formula is C25H37N5O5. The van der Waals surface area contributed by atoms with Crippen molar-refractivity contribution in [3.8, 4) is 0 Å². The summed E-state index contributed by atoms with van der Waals surface area (Å²) in [7, 11) is 0. The molecule has 2 unspecified atom stereocenters. The normalized spacial score (nSPS) is 24.3. The minimum absolute atomic E-state index is 0.0492. The van der Waals surface area contributed by atoms with Crippen LogP contribution < -0.4 is 10.6 Å². The predicted octanol–water partition coefficient (Wildman–Crippen LogP) is 1.86. The van der Waals surface area contributed by atoms with Gasteiger partial charge in [-0.1, -0.05) is 47.5 Å². The van der Waals surface area contributed by atoms with E-state index < -0.39 is 47.2 Å². The first-order valence-electron chi connectivity index (χ1n) is 12.4. The number of nitrogens with one attached hydrogen (secondary N) is 2. The highest BCUT2D eigenvalue weighted by Crippen LogP contribution is 2.43. The van der Waals surface area contributed by atoms with Gasteiger partial charge in [0.2, 0.25) is 11.8 Å². The van der Waals surface area contributed by atoms with Crippen molar-refractivity contribution >= 4 is 23.7 Å². The maximum Gasteiger partial charge on any atom is 0.326 e. The number of carboxylic acid groups (broad SMARTS) is 1. The van der Waals surface area contributed by atoms with Gasteiger partial charge in [-0.25, -0.2) is 9.78 Å². The summed E-state index contributed by atoms with van der Waals surface area (Å²) in [6.07, 6.45) is 7.46. The van der Waals surface area contributed by atoms with Gasteiger partial charge in [0.15, 0.2) is 0 Å². The molecular weight excluding hydrogens is 450 g/mol. The van der Waals surface area contributed by atoms with E-state index in [1.165, 1.54) is 23.5 Å². The molecule has 10 heteroatoms. The SMILES string of the molecule is CCC(C)[C@H](NC(=O)c1cnccn1)C(=O)N[C@H](C(=O)N1C[C@@H]2CCC[C@@H]2C1C(=O)O)C(C)(C)C. The van der Waals surface area contributed by atoms with Crippen LogP contribution >= 0.6 is 0 Å². The van der Waals surface area contributed by atoms with Gasteiger partial charge in [-0.05, 0) is 36.0 Å². The molecule has 35 heavy (non-hydrogen) atoms. The fourth-order valence-electron chi connectivity index (χ4n) is 5.23. The molecule has 1 aromatic heterocycles. The molecule has 3 amide bonds. The minimum atomic E-state index is -1.000. The predicted molar refractivity (Wildman–Crippen MR) is 128 cm³/mol. The van der Waals surface area contributed by atoms with Crippen molar-refractivity contribution in [2.24, 2.45) is 23.2 Å². The quantitative estimate of drug-likeness (QED) is 0.508. The van der Waals surface area contributed by atoms with E-state index in [2.05, 4.69) is 20.6 Å². The van der Waals surface area contributed by atoms with Crippen LogP contribution in [-0.2, 0) is 14.4 Å². The molecule has 3 N–H and O–H groups in total. The highest BCUT2D eigenvalue weighted by atomic mass is 16.4. The number of hydrogen-bond donors (Lipinski definition) is 3. The molecule has 1 saturated heterocycles. The zero-order chi connectivity index (χ0) is 25.9. The Balaban J connectivity index is 1.82. The first-order chi connectivity index (χ1) is 16.5. The van der Waals surface area contributed by atoms with E-state index in [1.54, 1.807) is 0 Å². The van der Waals surface area contributed by atoms with Crippen LogP contribution in [0.5, 0.6) is 0 Å². The maximum absolute atomic E-state index is 13.7. The Hall–Kier alpha value is -3.04. The Morgan fingerprint density at radius 2 is 1.89 bits per heavy atom. The van der Waals surface area contributed by atoms with E-state index in [-0.39, 0.29) is 23.4 Å². The number of rotatable bonds is 8. The van der Waals surface area contributed by atoms with Crippen LogP contribution in [0.4, 0.5) is 0 Å². The van der Waals surface area contributed by atoms with Gasteiger partial charge in [0.1, 0.15) is 23.8 Å². The van der Waals surface area contributed by atoms with Crippen molar-refractivity contribution < 1.29 is 24.3 Å². The second kappa shape index (κ2) is 10.7. The zero-order valence-corrected chi connectivity index (χ0v) is 21.2. The first kappa shape index (κ1) is 26.6. The molecule has 3 rings (SSSR count). The molecule has 0 bridgehead atoms. The zero-order valence-electron chi connectivity index (χ0n) is 21.2. The standard InChI is InChI=1S/C25H37N5O5/c1-6-14(2)18(28-21(31)17-12-26-10-11-27-17)22(32)29-20(25(3,4)5)23(33)30-13-15-8-7-9-16(15)19(30)24(34)35/h10-12,14-16,18-20H,6-9,13H2,1-5H3,(H,28,31)(H,29,32)(H,34,35)/t14?,15-,16-,18-,19?,20+/m0/s1. The number of aliphatic carboxylic acids is 1. The Morgan fingerprint density at radius 3 is 2.46 bits per heavy atom. The number of fused-ring (bicyclic) bond motifs is 1. The van der Waals surface area contributed by atoms with Crippen LogP contribution in [0.1, 0.15) is 70.8 Å². The maximum atomic E-state index is 13.7. The second-order valence-electron chi connectivity index (χ2n) is 10.9. The smallest absolute Gasteiger partial charge is 0.326 e. The van der Waals surface area contributed by atoms with E-state index in [1.807, 2.05) is 34.6 Å². The molecule has 2 fully saturated rings.